The van der Waals surface area contributed by atoms with Gasteiger partial charge >= 0.3 is 5.97 Å². The van der Waals surface area contributed by atoms with E-state index < -0.39 is 42.0 Å². The summed E-state index contributed by atoms with van der Waals surface area (Å²) in [6, 6.07) is 10.0. The number of aromatic amines is 1. The first-order chi connectivity index (χ1) is 20.1. The zero-order valence-corrected chi connectivity index (χ0v) is 23.9. The monoisotopic (exact) mass is 577 g/mol. The number of para-hydroxylation sites is 1. The number of phenols is 1. The zero-order valence-electron chi connectivity index (χ0n) is 23.9. The summed E-state index contributed by atoms with van der Waals surface area (Å²) >= 11 is 0. The van der Waals surface area contributed by atoms with Crippen LogP contribution in [-0.2, 0) is 32.0 Å². The Morgan fingerprint density at radius 1 is 1.07 bits per heavy atom. The number of H-pyrrole nitrogens is 1. The van der Waals surface area contributed by atoms with Gasteiger partial charge in [0.2, 0.25) is 17.7 Å². The third-order valence-electron chi connectivity index (χ3n) is 8.06. The number of carbonyl (C=O) groups excluding carboxylic acids is 3. The molecule has 42 heavy (non-hydrogen) atoms. The summed E-state index contributed by atoms with van der Waals surface area (Å²) in [6.45, 7) is 3.92. The van der Waals surface area contributed by atoms with Crippen molar-refractivity contribution in [1.29, 1.82) is 0 Å². The highest BCUT2D eigenvalue weighted by molar-refractivity contribution is 5.95. The van der Waals surface area contributed by atoms with Gasteiger partial charge in [0.1, 0.15) is 23.9 Å². The summed E-state index contributed by atoms with van der Waals surface area (Å²) in [5.74, 6) is -2.94. The Morgan fingerprint density at radius 3 is 2.48 bits per heavy atom. The number of carboxylic acids is 1. The molecule has 2 aromatic carbocycles. The maximum absolute atomic E-state index is 13.6. The lowest BCUT2D eigenvalue weighted by Gasteiger charge is -2.29. The number of hydrogen-bond donors (Lipinski definition) is 6. The molecule has 0 spiro atoms. The van der Waals surface area contributed by atoms with E-state index in [-0.39, 0.29) is 24.0 Å². The molecule has 11 nitrogen and oxygen atoms in total. The molecule has 0 saturated carbocycles. The Bertz CT molecular complexity index is 1420. The Labute approximate surface area is 244 Å². The normalized spacial score (nSPS) is 17.8. The van der Waals surface area contributed by atoms with Gasteiger partial charge in [-0.15, -0.1) is 0 Å². The lowest BCUT2D eigenvalue weighted by atomic mass is 9.98. The molecular formula is C31H39N5O6. The number of aromatic nitrogens is 1. The average molecular weight is 578 g/mol. The second kappa shape index (κ2) is 13.5. The first kappa shape index (κ1) is 30.6. The summed E-state index contributed by atoms with van der Waals surface area (Å²) in [4.78, 5) is 56.9. The van der Waals surface area contributed by atoms with Gasteiger partial charge in [-0.2, -0.15) is 0 Å². The van der Waals surface area contributed by atoms with Crippen LogP contribution >= 0.6 is 0 Å². The molecule has 1 saturated heterocycles. The van der Waals surface area contributed by atoms with Crippen LogP contribution < -0.4 is 16.4 Å². The number of likely N-dealkylation sites (tertiary alicyclic amines) is 1. The number of hydrogen-bond acceptors (Lipinski definition) is 6. The summed E-state index contributed by atoms with van der Waals surface area (Å²) in [6.07, 6.45) is 3.74. The van der Waals surface area contributed by atoms with Gasteiger partial charge in [0.05, 0.1) is 6.04 Å². The zero-order chi connectivity index (χ0) is 30.4. The van der Waals surface area contributed by atoms with Crippen LogP contribution in [0.5, 0.6) is 5.75 Å². The molecule has 3 aromatic rings. The van der Waals surface area contributed by atoms with E-state index in [1.165, 1.54) is 17.0 Å². The number of nitrogens with two attached hydrogens (primary N) is 1. The fourth-order valence-corrected chi connectivity index (χ4v) is 5.42. The van der Waals surface area contributed by atoms with Gasteiger partial charge in [0.25, 0.3) is 0 Å². The van der Waals surface area contributed by atoms with Gasteiger partial charge in [-0.1, -0.05) is 50.6 Å². The molecule has 5 atom stereocenters. The first-order valence-corrected chi connectivity index (χ1v) is 14.3. The van der Waals surface area contributed by atoms with Gasteiger partial charge < -0.3 is 36.5 Å². The first-order valence-electron chi connectivity index (χ1n) is 14.3. The summed E-state index contributed by atoms with van der Waals surface area (Å²) in [5, 5.41) is 25.7. The molecule has 1 fully saturated rings. The second-order valence-corrected chi connectivity index (χ2v) is 11.0. The van der Waals surface area contributed by atoms with E-state index in [0.717, 1.165) is 16.5 Å². The lowest BCUT2D eigenvalue weighted by Crippen LogP contribution is -2.58. The molecule has 11 heteroatoms. The molecule has 7 N–H and O–H groups in total. The largest absolute Gasteiger partial charge is 0.508 e. The summed E-state index contributed by atoms with van der Waals surface area (Å²) < 4.78 is 0. The highest BCUT2D eigenvalue weighted by atomic mass is 16.4. The lowest BCUT2D eigenvalue weighted by molar-refractivity contribution is -0.144. The topological polar surface area (TPSA) is 178 Å². The van der Waals surface area contributed by atoms with Gasteiger partial charge in [0, 0.05) is 30.1 Å². The standard InChI is InChI=1S/C31H39N5O6/c1-3-18(2)27(31(41)42)35-28(38)25(15-19-10-12-21(37)13-11-19)34-29(39)26-9-6-14-36(26)30(40)23(32)16-20-17-33-24-8-5-4-7-22(20)24/h4-5,7-8,10-13,17-18,23,25-27,33,37H,3,6,9,14-16,32H2,1-2H3,(H,34,39)(H,35,38)(H,41,42). The third-order valence-corrected chi connectivity index (χ3v) is 8.06. The highest BCUT2D eigenvalue weighted by Gasteiger charge is 2.38. The van der Waals surface area contributed by atoms with Crippen LogP contribution in [0.4, 0.5) is 0 Å². The number of nitrogens with one attached hydrogen (secondary N) is 3. The smallest absolute Gasteiger partial charge is 0.326 e. The molecule has 3 amide bonds. The number of nitrogens with zero attached hydrogens (tertiary/aromatic N) is 1. The minimum atomic E-state index is -1.16. The fourth-order valence-electron chi connectivity index (χ4n) is 5.42. The van der Waals surface area contributed by atoms with Crippen molar-refractivity contribution in [2.75, 3.05) is 6.54 Å². The van der Waals surface area contributed by atoms with Crippen LogP contribution in [0.15, 0.2) is 54.7 Å². The molecule has 1 aromatic heterocycles. The Hall–Kier alpha value is -4.38. The van der Waals surface area contributed by atoms with Crippen LogP contribution in [0.3, 0.4) is 0 Å². The molecule has 1 aliphatic heterocycles. The van der Waals surface area contributed by atoms with Crippen molar-refractivity contribution in [3.05, 3.63) is 65.9 Å². The number of aromatic hydroxyl groups is 1. The number of carbonyl (C=O) groups is 4. The van der Waals surface area contributed by atoms with Crippen molar-refractivity contribution in [2.24, 2.45) is 11.7 Å². The number of rotatable bonds is 12. The second-order valence-electron chi connectivity index (χ2n) is 11.0. The summed E-state index contributed by atoms with van der Waals surface area (Å²) in [7, 11) is 0. The minimum Gasteiger partial charge on any atom is -0.508 e. The quantitative estimate of drug-likeness (QED) is 0.191. The number of carboxylic acid groups (broad SMARTS) is 1. The molecule has 0 bridgehead atoms. The minimum absolute atomic E-state index is 0.0515. The summed E-state index contributed by atoms with van der Waals surface area (Å²) in [5.41, 5.74) is 8.86. The maximum Gasteiger partial charge on any atom is 0.326 e. The molecule has 5 unspecified atom stereocenters. The molecule has 1 aliphatic rings. The van der Waals surface area contributed by atoms with E-state index in [0.29, 0.717) is 37.8 Å². The highest BCUT2D eigenvalue weighted by Crippen LogP contribution is 2.23. The van der Waals surface area contributed by atoms with Crippen molar-refractivity contribution >= 4 is 34.6 Å². The van der Waals surface area contributed by atoms with Crippen molar-refractivity contribution in [2.45, 2.75) is 70.1 Å². The van der Waals surface area contributed by atoms with Crippen LogP contribution in [0, 0.1) is 5.92 Å². The van der Waals surface area contributed by atoms with Crippen molar-refractivity contribution in [3.63, 3.8) is 0 Å². The molecular weight excluding hydrogens is 538 g/mol. The van der Waals surface area contributed by atoms with Gasteiger partial charge in [-0.3, -0.25) is 14.4 Å². The third kappa shape index (κ3) is 7.09. The van der Waals surface area contributed by atoms with Gasteiger partial charge in [0.15, 0.2) is 0 Å². The molecule has 2 heterocycles. The van der Waals surface area contributed by atoms with Crippen molar-refractivity contribution in [1.82, 2.24) is 20.5 Å². The number of aliphatic carboxylic acids is 1. The van der Waals surface area contributed by atoms with E-state index in [1.807, 2.05) is 37.4 Å². The molecule has 0 aliphatic carbocycles. The van der Waals surface area contributed by atoms with E-state index in [2.05, 4.69) is 15.6 Å². The number of amides is 3. The van der Waals surface area contributed by atoms with Gasteiger partial charge in [-0.05, 0) is 54.5 Å². The van der Waals surface area contributed by atoms with Crippen molar-refractivity contribution < 1.29 is 29.4 Å². The Morgan fingerprint density at radius 2 is 1.79 bits per heavy atom. The molecule has 224 valence electrons. The van der Waals surface area contributed by atoms with Crippen LogP contribution in [0.25, 0.3) is 10.9 Å². The fraction of sp³-hybridized carbons (Fsp3) is 0.419. The molecule has 0 radical (unpaired) electrons. The predicted octanol–water partition coefficient (Wildman–Crippen LogP) is 2.08. The molecule has 4 rings (SSSR count). The van der Waals surface area contributed by atoms with Crippen LogP contribution in [0.2, 0.25) is 0 Å². The Balaban J connectivity index is 1.48. The van der Waals surface area contributed by atoms with Crippen LogP contribution in [-0.4, -0.2) is 74.5 Å². The van der Waals surface area contributed by atoms with Crippen molar-refractivity contribution in [3.8, 4) is 5.75 Å². The Kier molecular flexibility index (Phi) is 9.84. The average Bonchev–Trinajstić information content (AvgIpc) is 3.63. The van der Waals surface area contributed by atoms with Crippen LogP contribution in [0.1, 0.15) is 44.2 Å². The number of phenolic OH excluding ortho intramolecular Hbond substituents is 1. The predicted molar refractivity (Wildman–Crippen MR) is 157 cm³/mol. The SMILES string of the molecule is CCC(C)C(NC(=O)C(Cc1ccc(O)cc1)NC(=O)C1CCCN1C(=O)C(N)Cc1c[nH]c2ccccc12)C(=O)O. The van der Waals surface area contributed by atoms with E-state index in [9.17, 15) is 29.4 Å². The number of benzene rings is 2. The van der Waals surface area contributed by atoms with E-state index in [4.69, 9.17) is 5.73 Å². The van der Waals surface area contributed by atoms with E-state index >= 15 is 0 Å². The van der Waals surface area contributed by atoms with E-state index in [1.54, 1.807) is 19.1 Å². The maximum atomic E-state index is 13.6. The number of fused-ring (bicyclic) bond motifs is 1. The van der Waals surface area contributed by atoms with Gasteiger partial charge in [-0.25, -0.2) is 4.79 Å².